The van der Waals surface area contributed by atoms with Gasteiger partial charge in [-0.25, -0.2) is 4.79 Å². The third kappa shape index (κ3) is 7.86. The number of amides is 2. The zero-order valence-corrected chi connectivity index (χ0v) is 18.8. The minimum atomic E-state index is -1.32. The van der Waals surface area contributed by atoms with Crippen LogP contribution in [0.25, 0.3) is 0 Å². The normalized spacial score (nSPS) is 17.1. The standard InChI is InChI=1S/C22H33N3O7/c1-15(23-18(26)14-25-9-12-32-13-10-25)21(28)24-19(22(29)31-3)20(27)17-6-4-16(5-7-17)8-11-30-2/h4-7,15,19-20,27H,8-14H2,1-3H3,(H,23,26)(H,24,28)/t15-,19-,20+/m0/s1. The summed E-state index contributed by atoms with van der Waals surface area (Å²) in [6.07, 6.45) is -0.606. The molecule has 3 atom stereocenters. The fourth-order valence-electron chi connectivity index (χ4n) is 3.28. The number of carbonyl (C=O) groups is 3. The maximum Gasteiger partial charge on any atom is 0.331 e. The molecule has 0 saturated carbocycles. The van der Waals surface area contributed by atoms with Gasteiger partial charge in [-0.05, 0) is 24.5 Å². The van der Waals surface area contributed by atoms with Crippen LogP contribution in [0.5, 0.6) is 0 Å². The van der Waals surface area contributed by atoms with Crippen LogP contribution in [0.2, 0.25) is 0 Å². The first-order chi connectivity index (χ1) is 15.3. The number of ether oxygens (including phenoxy) is 3. The van der Waals surface area contributed by atoms with E-state index in [9.17, 15) is 19.5 Å². The summed E-state index contributed by atoms with van der Waals surface area (Å²) in [7, 11) is 2.80. The van der Waals surface area contributed by atoms with Gasteiger partial charge in [-0.2, -0.15) is 0 Å². The quantitative estimate of drug-likeness (QED) is 0.381. The molecule has 3 N–H and O–H groups in total. The van der Waals surface area contributed by atoms with E-state index in [1.165, 1.54) is 14.0 Å². The van der Waals surface area contributed by atoms with Gasteiger partial charge in [0.1, 0.15) is 12.1 Å². The summed E-state index contributed by atoms with van der Waals surface area (Å²) < 4.78 is 15.1. The second-order valence-electron chi connectivity index (χ2n) is 7.62. The average molecular weight is 452 g/mol. The molecule has 2 rings (SSSR count). The Bertz CT molecular complexity index is 750. The second-order valence-corrected chi connectivity index (χ2v) is 7.62. The largest absolute Gasteiger partial charge is 0.467 e. The van der Waals surface area contributed by atoms with Crippen LogP contribution < -0.4 is 10.6 Å². The van der Waals surface area contributed by atoms with Gasteiger partial charge in [0.2, 0.25) is 11.8 Å². The molecule has 0 unspecified atom stereocenters. The first-order valence-corrected chi connectivity index (χ1v) is 10.6. The fraction of sp³-hybridized carbons (Fsp3) is 0.591. The molecule has 1 aliphatic rings. The molecule has 0 radical (unpaired) electrons. The smallest absolute Gasteiger partial charge is 0.331 e. The summed E-state index contributed by atoms with van der Waals surface area (Å²) >= 11 is 0. The van der Waals surface area contributed by atoms with Crippen LogP contribution in [0.1, 0.15) is 24.2 Å². The number of nitrogens with zero attached hydrogens (tertiary/aromatic N) is 1. The van der Waals surface area contributed by atoms with Crippen LogP contribution in [0.4, 0.5) is 0 Å². The van der Waals surface area contributed by atoms with Gasteiger partial charge in [-0.3, -0.25) is 14.5 Å². The first kappa shape index (κ1) is 25.7. The van der Waals surface area contributed by atoms with Crippen molar-refractivity contribution >= 4 is 17.8 Å². The molecule has 1 fully saturated rings. The lowest BCUT2D eigenvalue weighted by Crippen LogP contribution is -2.54. The molecule has 0 aromatic heterocycles. The molecule has 0 aliphatic carbocycles. The zero-order valence-electron chi connectivity index (χ0n) is 18.8. The van der Waals surface area contributed by atoms with Gasteiger partial charge >= 0.3 is 5.97 Å². The maximum absolute atomic E-state index is 12.6. The Morgan fingerprint density at radius 3 is 2.38 bits per heavy atom. The highest BCUT2D eigenvalue weighted by molar-refractivity contribution is 5.91. The molecule has 0 spiro atoms. The molecule has 10 heteroatoms. The van der Waals surface area contributed by atoms with Crippen LogP contribution in [0.15, 0.2) is 24.3 Å². The van der Waals surface area contributed by atoms with Gasteiger partial charge in [-0.15, -0.1) is 0 Å². The Labute approximate surface area is 188 Å². The molecule has 32 heavy (non-hydrogen) atoms. The first-order valence-electron chi connectivity index (χ1n) is 10.6. The van der Waals surface area contributed by atoms with E-state index in [-0.39, 0.29) is 12.5 Å². The Morgan fingerprint density at radius 2 is 1.78 bits per heavy atom. The lowest BCUT2D eigenvalue weighted by atomic mass is 10.00. The van der Waals surface area contributed by atoms with E-state index in [2.05, 4.69) is 10.6 Å². The summed E-state index contributed by atoms with van der Waals surface area (Å²) in [5, 5.41) is 15.8. The van der Waals surface area contributed by atoms with Crippen LogP contribution in [-0.2, 0) is 35.0 Å². The lowest BCUT2D eigenvalue weighted by molar-refractivity contribution is -0.148. The summed E-state index contributed by atoms with van der Waals surface area (Å²) in [5.74, 6) is -1.70. The Kier molecular flexibility index (Phi) is 10.5. The average Bonchev–Trinajstić information content (AvgIpc) is 2.80. The van der Waals surface area contributed by atoms with Gasteiger partial charge in [0, 0.05) is 20.2 Å². The van der Waals surface area contributed by atoms with Crippen molar-refractivity contribution in [3.05, 3.63) is 35.4 Å². The van der Waals surface area contributed by atoms with E-state index in [1.54, 1.807) is 19.2 Å². The number of rotatable bonds is 11. The molecular formula is C22H33N3O7. The van der Waals surface area contributed by atoms with Crippen molar-refractivity contribution in [1.29, 1.82) is 0 Å². The molecule has 178 valence electrons. The number of benzene rings is 1. The third-order valence-corrected chi connectivity index (χ3v) is 5.23. The minimum absolute atomic E-state index is 0.152. The third-order valence-electron chi connectivity index (χ3n) is 5.23. The number of aliphatic hydroxyl groups excluding tert-OH is 1. The van der Waals surface area contributed by atoms with Gasteiger partial charge in [0.05, 0.1) is 33.5 Å². The number of aliphatic hydroxyl groups is 1. The van der Waals surface area contributed by atoms with Crippen LogP contribution in [-0.4, -0.2) is 93.5 Å². The fourth-order valence-corrected chi connectivity index (χ4v) is 3.28. The Balaban J connectivity index is 1.96. The number of esters is 1. The number of hydrogen-bond donors (Lipinski definition) is 3. The topological polar surface area (TPSA) is 126 Å². The monoisotopic (exact) mass is 451 g/mol. The molecule has 1 aromatic carbocycles. The number of methoxy groups -OCH3 is 2. The summed E-state index contributed by atoms with van der Waals surface area (Å²) in [4.78, 5) is 39.0. The maximum atomic E-state index is 12.6. The van der Waals surface area contributed by atoms with Crippen molar-refractivity contribution in [2.45, 2.75) is 31.5 Å². The van der Waals surface area contributed by atoms with Crippen molar-refractivity contribution in [2.24, 2.45) is 0 Å². The molecule has 1 aliphatic heterocycles. The Hall–Kier alpha value is -2.53. The van der Waals surface area contributed by atoms with E-state index >= 15 is 0 Å². The summed E-state index contributed by atoms with van der Waals surface area (Å²) in [6.45, 7) is 4.66. The number of morpholine rings is 1. The highest BCUT2D eigenvalue weighted by atomic mass is 16.5. The predicted molar refractivity (Wildman–Crippen MR) is 116 cm³/mol. The SMILES string of the molecule is COCCc1ccc([C@@H](O)[C@H](NC(=O)[C@H](C)NC(=O)CN2CCOCC2)C(=O)OC)cc1. The highest BCUT2D eigenvalue weighted by Gasteiger charge is 2.32. The highest BCUT2D eigenvalue weighted by Crippen LogP contribution is 2.19. The van der Waals surface area contributed by atoms with E-state index in [4.69, 9.17) is 14.2 Å². The van der Waals surface area contributed by atoms with E-state index in [0.29, 0.717) is 44.9 Å². The van der Waals surface area contributed by atoms with E-state index in [0.717, 1.165) is 5.56 Å². The van der Waals surface area contributed by atoms with E-state index < -0.39 is 30.1 Å². The minimum Gasteiger partial charge on any atom is -0.467 e. The van der Waals surface area contributed by atoms with Crippen molar-refractivity contribution < 1.29 is 33.7 Å². The van der Waals surface area contributed by atoms with Crippen LogP contribution >= 0.6 is 0 Å². The van der Waals surface area contributed by atoms with Crippen LogP contribution in [0.3, 0.4) is 0 Å². The van der Waals surface area contributed by atoms with Crippen molar-refractivity contribution in [3.8, 4) is 0 Å². The number of hydrogen-bond acceptors (Lipinski definition) is 8. The molecule has 0 bridgehead atoms. The molecule has 10 nitrogen and oxygen atoms in total. The van der Waals surface area contributed by atoms with Crippen LogP contribution in [0, 0.1) is 0 Å². The van der Waals surface area contributed by atoms with Gasteiger partial charge < -0.3 is 30.0 Å². The second kappa shape index (κ2) is 13.1. The van der Waals surface area contributed by atoms with Crippen molar-refractivity contribution in [3.63, 3.8) is 0 Å². The molecule has 1 heterocycles. The number of carbonyl (C=O) groups excluding carboxylic acids is 3. The van der Waals surface area contributed by atoms with Gasteiger partial charge in [0.25, 0.3) is 0 Å². The summed E-state index contributed by atoms with van der Waals surface area (Å²) in [6, 6.07) is 4.79. The van der Waals surface area contributed by atoms with Crippen molar-refractivity contribution in [2.75, 3.05) is 53.7 Å². The molecular weight excluding hydrogens is 418 g/mol. The lowest BCUT2D eigenvalue weighted by Gasteiger charge is -2.27. The van der Waals surface area contributed by atoms with Crippen molar-refractivity contribution in [1.82, 2.24) is 15.5 Å². The molecule has 1 saturated heterocycles. The summed E-state index contributed by atoms with van der Waals surface area (Å²) in [5.41, 5.74) is 1.46. The zero-order chi connectivity index (χ0) is 23.5. The van der Waals surface area contributed by atoms with Gasteiger partial charge in [0.15, 0.2) is 6.04 Å². The molecule has 1 aromatic rings. The number of nitrogens with one attached hydrogen (secondary N) is 2. The van der Waals surface area contributed by atoms with Gasteiger partial charge in [-0.1, -0.05) is 24.3 Å². The molecule has 2 amide bonds. The predicted octanol–water partition coefficient (Wildman–Crippen LogP) is -0.596. The Morgan fingerprint density at radius 1 is 1.12 bits per heavy atom. The van der Waals surface area contributed by atoms with E-state index in [1.807, 2.05) is 17.0 Å².